The van der Waals surface area contributed by atoms with Crippen LogP contribution in [0.5, 0.6) is 5.75 Å². The molecule has 3 N–H and O–H groups in total. The van der Waals surface area contributed by atoms with Crippen molar-refractivity contribution in [1.29, 1.82) is 0 Å². The van der Waals surface area contributed by atoms with Gasteiger partial charge < -0.3 is 4.74 Å². The average molecular weight is 258 g/mol. The number of para-hydroxylation sites is 1. The average Bonchev–Trinajstić information content (AvgIpc) is 2.82. The molecular formula is C12H10N4O3. The molecule has 2 aromatic heterocycles. The lowest BCUT2D eigenvalue weighted by Gasteiger charge is -2.05. The molecule has 7 heteroatoms. The van der Waals surface area contributed by atoms with Gasteiger partial charge in [-0.3, -0.25) is 19.9 Å². The molecule has 0 aliphatic heterocycles. The molecule has 0 spiro atoms. The smallest absolute Gasteiger partial charge is 0.327 e. The molecule has 0 saturated heterocycles. The highest BCUT2D eigenvalue weighted by atomic mass is 16.5. The maximum atomic E-state index is 11.9. The Morgan fingerprint density at radius 2 is 1.95 bits per heavy atom. The molecule has 7 nitrogen and oxygen atoms in total. The summed E-state index contributed by atoms with van der Waals surface area (Å²) in [7, 11) is 1.55. The minimum atomic E-state index is -0.587. The molecule has 19 heavy (non-hydrogen) atoms. The Hall–Kier alpha value is -2.83. The Balaban J connectivity index is 2.38. The summed E-state index contributed by atoms with van der Waals surface area (Å²) in [6.07, 6.45) is 0. The van der Waals surface area contributed by atoms with Gasteiger partial charge >= 0.3 is 5.69 Å². The zero-order valence-electron chi connectivity index (χ0n) is 9.98. The molecule has 1 aromatic carbocycles. The zero-order chi connectivity index (χ0) is 13.4. The predicted molar refractivity (Wildman–Crippen MR) is 69.3 cm³/mol. The van der Waals surface area contributed by atoms with E-state index in [1.165, 1.54) is 0 Å². The normalized spacial score (nSPS) is 10.8. The first-order chi connectivity index (χ1) is 9.20. The second kappa shape index (κ2) is 4.13. The molecule has 0 amide bonds. The predicted octanol–water partition coefficient (Wildman–Crippen LogP) is 0.615. The van der Waals surface area contributed by atoms with Crippen molar-refractivity contribution in [1.82, 2.24) is 20.2 Å². The molecule has 0 saturated carbocycles. The van der Waals surface area contributed by atoms with Gasteiger partial charge in [-0.15, -0.1) is 0 Å². The third-order valence-corrected chi connectivity index (χ3v) is 2.83. The van der Waals surface area contributed by atoms with Crippen LogP contribution in [0.3, 0.4) is 0 Å². The quantitative estimate of drug-likeness (QED) is 0.626. The van der Waals surface area contributed by atoms with E-state index in [1.54, 1.807) is 19.2 Å². The number of rotatable bonds is 2. The molecule has 0 unspecified atom stereocenters. The van der Waals surface area contributed by atoms with Gasteiger partial charge in [-0.05, 0) is 12.1 Å². The summed E-state index contributed by atoms with van der Waals surface area (Å²) in [5.74, 6) is 0.610. The first-order valence-electron chi connectivity index (χ1n) is 5.55. The number of hydrogen-bond acceptors (Lipinski definition) is 4. The summed E-state index contributed by atoms with van der Waals surface area (Å²) in [6.45, 7) is 0. The number of benzene rings is 1. The Bertz CT molecular complexity index is 859. The topological polar surface area (TPSA) is 104 Å². The van der Waals surface area contributed by atoms with Gasteiger partial charge in [0.1, 0.15) is 11.1 Å². The highest BCUT2D eigenvalue weighted by molar-refractivity contribution is 5.91. The fourth-order valence-corrected chi connectivity index (χ4v) is 2.00. The van der Waals surface area contributed by atoms with Crippen LogP contribution in [0.15, 0.2) is 33.9 Å². The summed E-state index contributed by atoms with van der Waals surface area (Å²) in [5, 5.41) is 6.98. The number of hydrogen-bond donors (Lipinski definition) is 3. The lowest BCUT2D eigenvalue weighted by molar-refractivity contribution is 0.416. The van der Waals surface area contributed by atoms with Crippen LogP contribution in [0, 0.1) is 0 Å². The first kappa shape index (κ1) is 11.3. The van der Waals surface area contributed by atoms with Gasteiger partial charge in [0.15, 0.2) is 5.65 Å². The molecule has 0 aliphatic carbocycles. The van der Waals surface area contributed by atoms with Gasteiger partial charge in [0.25, 0.3) is 5.56 Å². The van der Waals surface area contributed by atoms with Crippen LogP contribution in [0.4, 0.5) is 0 Å². The second-order valence-corrected chi connectivity index (χ2v) is 3.93. The van der Waals surface area contributed by atoms with Crippen LogP contribution in [-0.4, -0.2) is 27.3 Å². The highest BCUT2D eigenvalue weighted by Crippen LogP contribution is 2.30. The van der Waals surface area contributed by atoms with E-state index in [2.05, 4.69) is 20.2 Å². The number of nitrogens with one attached hydrogen (secondary N) is 3. The standard InChI is InChI=1S/C12H10N4O3/c1-19-7-5-3-2-4-6(7)9-8-10(16-15-9)13-12(18)14-11(8)17/h2-5H,1H3,(H3,13,14,15,16,17,18). The van der Waals surface area contributed by atoms with Crippen molar-refractivity contribution < 1.29 is 4.74 Å². The Morgan fingerprint density at radius 1 is 1.16 bits per heavy atom. The zero-order valence-corrected chi connectivity index (χ0v) is 9.98. The Morgan fingerprint density at radius 3 is 2.74 bits per heavy atom. The van der Waals surface area contributed by atoms with Gasteiger partial charge in [0, 0.05) is 5.56 Å². The number of ether oxygens (including phenoxy) is 1. The molecule has 2 heterocycles. The van der Waals surface area contributed by atoms with E-state index < -0.39 is 11.2 Å². The number of aromatic nitrogens is 4. The first-order valence-corrected chi connectivity index (χ1v) is 5.55. The Kier molecular flexibility index (Phi) is 2.45. The minimum Gasteiger partial charge on any atom is -0.496 e. The summed E-state index contributed by atoms with van der Waals surface area (Å²) in [4.78, 5) is 27.7. The van der Waals surface area contributed by atoms with Gasteiger partial charge in [-0.2, -0.15) is 5.10 Å². The van der Waals surface area contributed by atoms with Crippen molar-refractivity contribution in [2.24, 2.45) is 0 Å². The SMILES string of the molecule is COc1ccccc1-c1[nH]nc2[nH]c(=O)[nH]c(=O)c12. The molecule has 0 atom stereocenters. The van der Waals surface area contributed by atoms with Crippen LogP contribution in [0.2, 0.25) is 0 Å². The van der Waals surface area contributed by atoms with Gasteiger partial charge in [-0.1, -0.05) is 12.1 Å². The summed E-state index contributed by atoms with van der Waals surface area (Å²) >= 11 is 0. The molecule has 0 radical (unpaired) electrons. The third-order valence-electron chi connectivity index (χ3n) is 2.83. The van der Waals surface area contributed by atoms with Crippen LogP contribution in [0.25, 0.3) is 22.3 Å². The van der Waals surface area contributed by atoms with Crippen LogP contribution >= 0.6 is 0 Å². The molecule has 96 valence electrons. The van der Waals surface area contributed by atoms with Gasteiger partial charge in [0.2, 0.25) is 0 Å². The molecule has 0 bridgehead atoms. The van der Waals surface area contributed by atoms with Crippen molar-refractivity contribution in [3.05, 3.63) is 45.1 Å². The van der Waals surface area contributed by atoms with Crippen molar-refractivity contribution in [2.45, 2.75) is 0 Å². The van der Waals surface area contributed by atoms with Crippen LogP contribution in [0.1, 0.15) is 0 Å². The van der Waals surface area contributed by atoms with Crippen molar-refractivity contribution >= 4 is 11.0 Å². The fraction of sp³-hybridized carbons (Fsp3) is 0.0833. The molecule has 3 rings (SSSR count). The summed E-state index contributed by atoms with van der Waals surface area (Å²) in [6, 6.07) is 7.23. The Labute approximate surface area is 106 Å². The summed E-state index contributed by atoms with van der Waals surface area (Å²) in [5.41, 5.74) is 0.341. The van der Waals surface area contributed by atoms with E-state index in [0.29, 0.717) is 22.4 Å². The largest absolute Gasteiger partial charge is 0.496 e. The van der Waals surface area contributed by atoms with E-state index in [-0.39, 0.29) is 5.65 Å². The monoisotopic (exact) mass is 258 g/mol. The van der Waals surface area contributed by atoms with E-state index in [9.17, 15) is 9.59 Å². The van der Waals surface area contributed by atoms with E-state index >= 15 is 0 Å². The highest BCUT2D eigenvalue weighted by Gasteiger charge is 2.15. The number of fused-ring (bicyclic) bond motifs is 1. The van der Waals surface area contributed by atoms with Crippen molar-refractivity contribution in [2.75, 3.05) is 7.11 Å². The number of methoxy groups -OCH3 is 1. The molecule has 3 aromatic rings. The van der Waals surface area contributed by atoms with Crippen molar-refractivity contribution in [3.63, 3.8) is 0 Å². The maximum Gasteiger partial charge on any atom is 0.327 e. The van der Waals surface area contributed by atoms with Gasteiger partial charge in [-0.25, -0.2) is 4.79 Å². The lowest BCUT2D eigenvalue weighted by atomic mass is 10.1. The minimum absolute atomic E-state index is 0.217. The van der Waals surface area contributed by atoms with E-state index in [1.807, 2.05) is 12.1 Å². The molecule has 0 fully saturated rings. The number of nitrogens with zero attached hydrogens (tertiary/aromatic N) is 1. The lowest BCUT2D eigenvalue weighted by Crippen LogP contribution is -2.21. The molecule has 0 aliphatic rings. The van der Waals surface area contributed by atoms with Crippen LogP contribution < -0.4 is 16.0 Å². The third kappa shape index (κ3) is 1.71. The van der Waals surface area contributed by atoms with E-state index in [0.717, 1.165) is 0 Å². The fourth-order valence-electron chi connectivity index (χ4n) is 2.00. The van der Waals surface area contributed by atoms with Crippen LogP contribution in [-0.2, 0) is 0 Å². The molecular weight excluding hydrogens is 248 g/mol. The number of H-pyrrole nitrogens is 3. The summed E-state index contributed by atoms with van der Waals surface area (Å²) < 4.78 is 5.25. The number of aromatic amines is 3. The van der Waals surface area contributed by atoms with Gasteiger partial charge in [0.05, 0.1) is 12.8 Å². The second-order valence-electron chi connectivity index (χ2n) is 3.93. The van der Waals surface area contributed by atoms with E-state index in [4.69, 9.17) is 4.74 Å². The van der Waals surface area contributed by atoms with Crippen molar-refractivity contribution in [3.8, 4) is 17.0 Å². The maximum absolute atomic E-state index is 11.9.